The third kappa shape index (κ3) is 2.21. The van der Waals surface area contributed by atoms with Crippen LogP contribution in [0.4, 0.5) is 11.4 Å². The minimum atomic E-state index is 0.291. The molecule has 2 aromatic rings. The fraction of sp³-hybridized carbons (Fsp3) is 0. The van der Waals surface area contributed by atoms with Crippen molar-refractivity contribution in [3.63, 3.8) is 0 Å². The van der Waals surface area contributed by atoms with Gasteiger partial charge in [0.15, 0.2) is 0 Å². The molecule has 2 aromatic carbocycles. The first-order valence-corrected chi connectivity index (χ1v) is 6.42. The van der Waals surface area contributed by atoms with Gasteiger partial charge in [-0.25, -0.2) is 0 Å². The highest BCUT2D eigenvalue weighted by atomic mass is 35.5. The zero-order chi connectivity index (χ0) is 13.4. The third-order valence-corrected chi connectivity index (χ3v) is 4.19. The lowest BCUT2D eigenvalue weighted by Gasteiger charge is -2.12. The highest BCUT2D eigenvalue weighted by Crippen LogP contribution is 2.42. The molecule has 0 unspecified atom stereocenters. The molecule has 2 nitrogen and oxygen atoms in total. The lowest BCUT2D eigenvalue weighted by molar-refractivity contribution is 1.60. The van der Waals surface area contributed by atoms with Crippen LogP contribution in [-0.4, -0.2) is 0 Å². The summed E-state index contributed by atoms with van der Waals surface area (Å²) in [7, 11) is 0. The molecule has 0 aliphatic heterocycles. The maximum atomic E-state index is 6.00. The summed E-state index contributed by atoms with van der Waals surface area (Å²) in [6.07, 6.45) is 0. The maximum absolute atomic E-state index is 6.00. The molecular weight excluding hydrogens is 314 g/mol. The van der Waals surface area contributed by atoms with E-state index in [4.69, 9.17) is 57.9 Å². The van der Waals surface area contributed by atoms with Gasteiger partial charge in [-0.3, -0.25) is 0 Å². The Morgan fingerprint density at radius 3 is 1.28 bits per heavy atom. The van der Waals surface area contributed by atoms with Gasteiger partial charge in [0, 0.05) is 11.1 Å². The second-order valence-corrected chi connectivity index (χ2v) is 5.22. The van der Waals surface area contributed by atoms with Crippen molar-refractivity contribution in [3.05, 3.63) is 44.4 Å². The van der Waals surface area contributed by atoms with Crippen molar-refractivity contribution in [1.82, 2.24) is 0 Å². The van der Waals surface area contributed by atoms with Crippen molar-refractivity contribution in [2.24, 2.45) is 0 Å². The standard InChI is InChI=1S/C12H8Cl4N2/c13-7-3-1-5(11(17)9(7)15)6-2-4-8(14)10(16)12(6)18/h1-4H,17-18H2. The second kappa shape index (κ2) is 5.06. The molecular formula is C12H8Cl4N2. The van der Waals surface area contributed by atoms with E-state index in [-0.39, 0.29) is 0 Å². The largest absolute Gasteiger partial charge is 0.397 e. The number of nitrogens with two attached hydrogens (primary N) is 2. The maximum Gasteiger partial charge on any atom is 0.0827 e. The lowest BCUT2D eigenvalue weighted by atomic mass is 10.0. The van der Waals surface area contributed by atoms with Gasteiger partial charge >= 0.3 is 0 Å². The Balaban J connectivity index is 2.71. The highest BCUT2D eigenvalue weighted by molar-refractivity contribution is 6.45. The highest BCUT2D eigenvalue weighted by Gasteiger charge is 2.14. The van der Waals surface area contributed by atoms with E-state index >= 15 is 0 Å². The second-order valence-electron chi connectivity index (χ2n) is 3.65. The molecule has 0 bridgehead atoms. The van der Waals surface area contributed by atoms with Crippen LogP contribution in [0.1, 0.15) is 0 Å². The van der Waals surface area contributed by atoms with Crippen molar-refractivity contribution in [2.45, 2.75) is 0 Å². The molecule has 0 saturated carbocycles. The molecule has 0 heterocycles. The molecule has 0 fully saturated rings. The number of rotatable bonds is 1. The summed E-state index contributed by atoms with van der Waals surface area (Å²) in [6.45, 7) is 0. The van der Waals surface area contributed by atoms with Gasteiger partial charge in [-0.05, 0) is 12.1 Å². The van der Waals surface area contributed by atoms with Crippen molar-refractivity contribution in [2.75, 3.05) is 11.5 Å². The predicted molar refractivity (Wildman–Crippen MR) is 80.7 cm³/mol. The summed E-state index contributed by atoms with van der Waals surface area (Å²) < 4.78 is 0. The van der Waals surface area contributed by atoms with E-state index in [1.807, 2.05) is 0 Å². The molecule has 0 aliphatic carbocycles. The molecule has 0 aliphatic rings. The molecule has 18 heavy (non-hydrogen) atoms. The summed E-state index contributed by atoms with van der Waals surface area (Å²) in [4.78, 5) is 0. The van der Waals surface area contributed by atoms with Crippen LogP contribution in [0.15, 0.2) is 24.3 Å². The van der Waals surface area contributed by atoms with Gasteiger partial charge in [0.25, 0.3) is 0 Å². The van der Waals surface area contributed by atoms with Gasteiger partial charge < -0.3 is 11.5 Å². The van der Waals surface area contributed by atoms with Crippen molar-refractivity contribution >= 4 is 57.8 Å². The van der Waals surface area contributed by atoms with Crippen molar-refractivity contribution in [1.29, 1.82) is 0 Å². The number of hydrogen-bond donors (Lipinski definition) is 2. The summed E-state index contributed by atoms with van der Waals surface area (Å²) in [6, 6.07) is 6.77. The minimum Gasteiger partial charge on any atom is -0.397 e. The summed E-state index contributed by atoms with van der Waals surface area (Å²) in [5.41, 5.74) is 13.9. The zero-order valence-corrected chi connectivity index (χ0v) is 12.0. The Kier molecular flexibility index (Phi) is 3.83. The number of anilines is 2. The SMILES string of the molecule is Nc1c(-c2ccc(Cl)c(Cl)c2N)ccc(Cl)c1Cl. The molecule has 94 valence electrons. The van der Waals surface area contributed by atoms with E-state index in [0.717, 1.165) is 0 Å². The number of nitrogen functional groups attached to an aromatic ring is 2. The Bertz CT molecular complexity index is 570. The van der Waals surface area contributed by atoms with E-state index < -0.39 is 0 Å². The van der Waals surface area contributed by atoms with E-state index in [0.29, 0.717) is 42.6 Å². The molecule has 0 amide bonds. The zero-order valence-electron chi connectivity index (χ0n) is 8.98. The van der Waals surface area contributed by atoms with Crippen LogP contribution in [0.5, 0.6) is 0 Å². The Morgan fingerprint density at radius 2 is 0.944 bits per heavy atom. The fourth-order valence-corrected chi connectivity index (χ4v) is 2.26. The van der Waals surface area contributed by atoms with Gasteiger partial charge in [-0.2, -0.15) is 0 Å². The first-order chi connectivity index (χ1) is 8.43. The molecule has 2 rings (SSSR count). The Morgan fingerprint density at radius 1 is 0.611 bits per heavy atom. The van der Waals surface area contributed by atoms with Crippen molar-refractivity contribution in [3.8, 4) is 11.1 Å². The van der Waals surface area contributed by atoms with E-state index in [1.165, 1.54) is 0 Å². The third-order valence-electron chi connectivity index (χ3n) is 2.56. The van der Waals surface area contributed by atoms with Crippen LogP contribution in [-0.2, 0) is 0 Å². The number of benzene rings is 2. The van der Waals surface area contributed by atoms with E-state index in [1.54, 1.807) is 24.3 Å². The van der Waals surface area contributed by atoms with Gasteiger partial charge in [-0.1, -0.05) is 58.5 Å². The molecule has 0 radical (unpaired) electrons. The van der Waals surface area contributed by atoms with Crippen LogP contribution >= 0.6 is 46.4 Å². The summed E-state index contributed by atoms with van der Waals surface area (Å²) in [5, 5.41) is 1.35. The first-order valence-electron chi connectivity index (χ1n) is 4.90. The normalized spacial score (nSPS) is 10.7. The smallest absolute Gasteiger partial charge is 0.0827 e. The summed E-state index contributed by atoms with van der Waals surface area (Å²) in [5.74, 6) is 0. The Hall–Kier alpha value is -0.800. The van der Waals surface area contributed by atoms with Crippen LogP contribution in [0.25, 0.3) is 11.1 Å². The average molecular weight is 322 g/mol. The van der Waals surface area contributed by atoms with Gasteiger partial charge in [0.1, 0.15) is 0 Å². The van der Waals surface area contributed by atoms with Gasteiger partial charge in [0.05, 0.1) is 31.5 Å². The molecule has 4 N–H and O–H groups in total. The van der Waals surface area contributed by atoms with Gasteiger partial charge in [-0.15, -0.1) is 0 Å². The fourth-order valence-electron chi connectivity index (χ4n) is 1.60. The molecule has 0 atom stereocenters. The Labute approximate surface area is 124 Å². The average Bonchev–Trinajstić information content (AvgIpc) is 2.35. The van der Waals surface area contributed by atoms with Crippen LogP contribution in [0.2, 0.25) is 20.1 Å². The van der Waals surface area contributed by atoms with Gasteiger partial charge in [0.2, 0.25) is 0 Å². The first kappa shape index (κ1) is 13.6. The summed E-state index contributed by atoms with van der Waals surface area (Å²) >= 11 is 23.8. The minimum absolute atomic E-state index is 0.291. The predicted octanol–water partition coefficient (Wildman–Crippen LogP) is 5.13. The van der Waals surface area contributed by atoms with Crippen LogP contribution < -0.4 is 11.5 Å². The molecule has 0 saturated heterocycles. The molecule has 0 aromatic heterocycles. The van der Waals surface area contributed by atoms with E-state index in [9.17, 15) is 0 Å². The monoisotopic (exact) mass is 320 g/mol. The van der Waals surface area contributed by atoms with Crippen molar-refractivity contribution < 1.29 is 0 Å². The number of halogens is 4. The van der Waals surface area contributed by atoms with E-state index in [2.05, 4.69) is 0 Å². The van der Waals surface area contributed by atoms with Crippen LogP contribution in [0.3, 0.4) is 0 Å². The van der Waals surface area contributed by atoms with Crippen LogP contribution in [0, 0.1) is 0 Å². The lowest BCUT2D eigenvalue weighted by Crippen LogP contribution is -1.96. The molecule has 0 spiro atoms. The molecule has 6 heteroatoms. The quantitative estimate of drug-likeness (QED) is 0.715. The number of hydrogen-bond acceptors (Lipinski definition) is 2. The topological polar surface area (TPSA) is 52.0 Å².